The number of nitrogens with zero attached hydrogens (tertiary/aromatic N) is 1. The van der Waals surface area contributed by atoms with Gasteiger partial charge in [0.15, 0.2) is 0 Å². The monoisotopic (exact) mass is 252 g/mol. The molecule has 1 radical (unpaired) electrons. The standard InChI is InChI=1S/C11H11BrNO/c12-11-4-2-1-3-9(11)5-6-10-7-14-8-13-10/h1-4,10H,5-7H2. The molecule has 0 saturated heterocycles. The summed E-state index contributed by atoms with van der Waals surface area (Å²) in [6, 6.07) is 8.57. The van der Waals surface area contributed by atoms with Crippen LogP contribution in [0.1, 0.15) is 12.0 Å². The molecule has 3 heteroatoms. The first-order valence-corrected chi connectivity index (χ1v) is 5.45. The fraction of sp³-hybridized carbons (Fsp3) is 0.364. The average molecular weight is 253 g/mol. The number of hydrogen-bond donors (Lipinski definition) is 0. The molecule has 2 rings (SSSR count). The Morgan fingerprint density at radius 2 is 2.36 bits per heavy atom. The van der Waals surface area contributed by atoms with E-state index in [0.717, 1.165) is 12.8 Å². The van der Waals surface area contributed by atoms with Gasteiger partial charge >= 0.3 is 0 Å². The van der Waals surface area contributed by atoms with Crippen LogP contribution in [0.2, 0.25) is 0 Å². The second-order valence-electron chi connectivity index (χ2n) is 3.32. The molecule has 14 heavy (non-hydrogen) atoms. The number of halogens is 1. The Bertz CT molecular complexity index is 338. The van der Waals surface area contributed by atoms with Crippen LogP contribution < -0.4 is 0 Å². The van der Waals surface area contributed by atoms with Gasteiger partial charge < -0.3 is 4.74 Å². The molecule has 0 N–H and O–H groups in total. The molecular formula is C11H11BrNO. The molecule has 0 bridgehead atoms. The molecule has 1 aromatic rings. The first-order valence-electron chi connectivity index (χ1n) is 4.66. The topological polar surface area (TPSA) is 21.6 Å². The summed E-state index contributed by atoms with van der Waals surface area (Å²) in [6.07, 6.45) is 4.59. The first kappa shape index (κ1) is 9.71. The van der Waals surface area contributed by atoms with E-state index in [1.807, 2.05) is 6.07 Å². The fourth-order valence-corrected chi connectivity index (χ4v) is 1.94. The van der Waals surface area contributed by atoms with Gasteiger partial charge in [-0.1, -0.05) is 34.1 Å². The van der Waals surface area contributed by atoms with E-state index in [4.69, 9.17) is 4.74 Å². The zero-order chi connectivity index (χ0) is 9.80. The SMILES string of the molecule is Brc1ccccc1CCC1CO[C]=N1. The van der Waals surface area contributed by atoms with Gasteiger partial charge in [0.05, 0.1) is 6.04 Å². The largest absolute Gasteiger partial charge is 0.472 e. The van der Waals surface area contributed by atoms with Gasteiger partial charge in [-0.2, -0.15) is 0 Å². The van der Waals surface area contributed by atoms with Crippen molar-refractivity contribution in [3.05, 3.63) is 34.3 Å². The van der Waals surface area contributed by atoms with Crippen molar-refractivity contribution in [3.63, 3.8) is 0 Å². The van der Waals surface area contributed by atoms with Crippen molar-refractivity contribution in [2.45, 2.75) is 18.9 Å². The molecule has 0 saturated carbocycles. The van der Waals surface area contributed by atoms with Crippen LogP contribution in [0.5, 0.6) is 0 Å². The van der Waals surface area contributed by atoms with Gasteiger partial charge in [0.25, 0.3) is 6.40 Å². The van der Waals surface area contributed by atoms with Gasteiger partial charge in [0.2, 0.25) is 0 Å². The zero-order valence-corrected chi connectivity index (χ0v) is 9.33. The lowest BCUT2D eigenvalue weighted by molar-refractivity contribution is 0.322. The Labute approximate surface area is 92.1 Å². The summed E-state index contributed by atoms with van der Waals surface area (Å²) in [4.78, 5) is 4.09. The molecular weight excluding hydrogens is 242 g/mol. The van der Waals surface area contributed by atoms with Crippen LogP contribution in [0.4, 0.5) is 0 Å². The predicted octanol–water partition coefficient (Wildman–Crippen LogP) is 2.69. The van der Waals surface area contributed by atoms with Gasteiger partial charge in [-0.15, -0.1) is 0 Å². The van der Waals surface area contributed by atoms with E-state index in [1.165, 1.54) is 10.0 Å². The normalized spacial score (nSPS) is 19.6. The highest BCUT2D eigenvalue weighted by atomic mass is 79.9. The summed E-state index contributed by atoms with van der Waals surface area (Å²) in [5.41, 5.74) is 1.33. The molecule has 0 aromatic heterocycles. The Morgan fingerprint density at radius 3 is 3.07 bits per heavy atom. The van der Waals surface area contributed by atoms with E-state index >= 15 is 0 Å². The zero-order valence-electron chi connectivity index (χ0n) is 7.74. The molecule has 1 aliphatic heterocycles. The van der Waals surface area contributed by atoms with E-state index in [0.29, 0.717) is 12.6 Å². The van der Waals surface area contributed by atoms with Gasteiger partial charge in [-0.25, -0.2) is 4.99 Å². The molecule has 0 amide bonds. The summed E-state index contributed by atoms with van der Waals surface area (Å²) in [7, 11) is 0. The molecule has 1 heterocycles. The Balaban J connectivity index is 1.91. The van der Waals surface area contributed by atoms with Crippen LogP contribution >= 0.6 is 15.9 Å². The molecule has 73 valence electrons. The summed E-state index contributed by atoms with van der Waals surface area (Å²) < 4.78 is 6.12. The van der Waals surface area contributed by atoms with Crippen LogP contribution in [0, 0.1) is 0 Å². The fourth-order valence-electron chi connectivity index (χ4n) is 1.45. The van der Waals surface area contributed by atoms with E-state index in [2.05, 4.69) is 45.5 Å². The maximum atomic E-state index is 4.95. The van der Waals surface area contributed by atoms with Crippen LogP contribution in [0.15, 0.2) is 33.7 Å². The lowest BCUT2D eigenvalue weighted by Crippen LogP contribution is -2.07. The number of rotatable bonds is 3. The lowest BCUT2D eigenvalue weighted by atomic mass is 10.1. The van der Waals surface area contributed by atoms with Gasteiger partial charge in [-0.05, 0) is 24.5 Å². The highest BCUT2D eigenvalue weighted by molar-refractivity contribution is 9.10. The van der Waals surface area contributed by atoms with E-state index in [-0.39, 0.29) is 0 Å². The van der Waals surface area contributed by atoms with Crippen molar-refractivity contribution in [1.82, 2.24) is 0 Å². The smallest absolute Gasteiger partial charge is 0.273 e. The molecule has 1 aliphatic rings. The summed E-state index contributed by atoms with van der Waals surface area (Å²) in [6.45, 7) is 0.685. The van der Waals surface area contributed by atoms with Gasteiger partial charge in [0.1, 0.15) is 6.61 Å². The minimum atomic E-state index is 0.294. The van der Waals surface area contributed by atoms with Crippen molar-refractivity contribution in [2.75, 3.05) is 6.61 Å². The number of aliphatic imine (C=N–C) groups is 1. The molecule has 0 spiro atoms. The number of hydrogen-bond acceptors (Lipinski definition) is 2. The first-order chi connectivity index (χ1) is 6.86. The molecule has 1 unspecified atom stereocenters. The highest BCUT2D eigenvalue weighted by Gasteiger charge is 2.12. The van der Waals surface area contributed by atoms with Crippen LogP contribution in [0.25, 0.3) is 0 Å². The molecule has 0 fully saturated rings. The quantitative estimate of drug-likeness (QED) is 0.811. The van der Waals surface area contributed by atoms with Gasteiger partial charge in [-0.3, -0.25) is 0 Å². The van der Waals surface area contributed by atoms with Crippen LogP contribution in [-0.4, -0.2) is 19.0 Å². The number of ether oxygens (including phenoxy) is 1. The van der Waals surface area contributed by atoms with Crippen molar-refractivity contribution < 1.29 is 4.74 Å². The highest BCUT2D eigenvalue weighted by Crippen LogP contribution is 2.19. The van der Waals surface area contributed by atoms with Crippen molar-refractivity contribution in [2.24, 2.45) is 4.99 Å². The third kappa shape index (κ3) is 2.35. The molecule has 1 atom stereocenters. The van der Waals surface area contributed by atoms with Crippen LogP contribution in [0.3, 0.4) is 0 Å². The minimum Gasteiger partial charge on any atom is -0.472 e. The van der Waals surface area contributed by atoms with E-state index < -0.39 is 0 Å². The minimum absolute atomic E-state index is 0.294. The maximum Gasteiger partial charge on any atom is 0.273 e. The van der Waals surface area contributed by atoms with E-state index in [9.17, 15) is 0 Å². The van der Waals surface area contributed by atoms with E-state index in [1.54, 1.807) is 0 Å². The third-order valence-electron chi connectivity index (χ3n) is 2.28. The van der Waals surface area contributed by atoms with Crippen molar-refractivity contribution >= 4 is 22.3 Å². The third-order valence-corrected chi connectivity index (χ3v) is 3.05. The number of aryl methyl sites for hydroxylation is 1. The maximum absolute atomic E-state index is 4.95. The van der Waals surface area contributed by atoms with Gasteiger partial charge in [0, 0.05) is 4.47 Å². The predicted molar refractivity (Wildman–Crippen MR) is 59.6 cm³/mol. The molecule has 2 nitrogen and oxygen atoms in total. The Hall–Kier alpha value is -0.830. The summed E-state index contributed by atoms with van der Waals surface area (Å²) in [5, 5.41) is 0. The Kier molecular flexibility index (Phi) is 3.19. The second kappa shape index (κ2) is 4.60. The van der Waals surface area contributed by atoms with Crippen molar-refractivity contribution in [1.29, 1.82) is 0 Å². The van der Waals surface area contributed by atoms with Crippen molar-refractivity contribution in [3.8, 4) is 0 Å². The number of benzene rings is 1. The second-order valence-corrected chi connectivity index (χ2v) is 4.17. The van der Waals surface area contributed by atoms with Crippen LogP contribution in [-0.2, 0) is 11.2 Å². The molecule has 1 aromatic carbocycles. The average Bonchev–Trinajstić information content (AvgIpc) is 2.69. The lowest BCUT2D eigenvalue weighted by Gasteiger charge is -2.06. The molecule has 0 aliphatic carbocycles. The Morgan fingerprint density at radius 1 is 1.50 bits per heavy atom. The summed E-state index contributed by atoms with van der Waals surface area (Å²) >= 11 is 3.53. The summed E-state index contributed by atoms with van der Waals surface area (Å²) in [5.74, 6) is 0.